The molecular weight excluding hydrogens is 364 g/mol. The minimum Gasteiger partial charge on any atom is -0.497 e. The third kappa shape index (κ3) is 4.01. The molecule has 3 heterocycles. The zero-order chi connectivity index (χ0) is 18.6. The van der Waals surface area contributed by atoms with Crippen LogP contribution in [0.4, 0.5) is 0 Å². The summed E-state index contributed by atoms with van der Waals surface area (Å²) in [5.74, 6) is 0.727. The Kier molecular flexibility index (Phi) is 5.17. The maximum Gasteiger partial charge on any atom is 0.223 e. The van der Waals surface area contributed by atoms with Gasteiger partial charge >= 0.3 is 0 Å². The van der Waals surface area contributed by atoms with Gasteiger partial charge in [-0.15, -0.1) is 16.4 Å². The van der Waals surface area contributed by atoms with Gasteiger partial charge in [0, 0.05) is 4.88 Å². The minimum atomic E-state index is -0.149. The van der Waals surface area contributed by atoms with E-state index in [1.54, 1.807) is 29.3 Å². The molecule has 3 aromatic rings. The van der Waals surface area contributed by atoms with Crippen LogP contribution in [-0.2, 0) is 22.5 Å². The van der Waals surface area contributed by atoms with E-state index in [0.717, 1.165) is 17.9 Å². The molecule has 140 valence electrons. The number of carbonyl (C=O) groups is 1. The number of ether oxygens (including phenoxy) is 2. The van der Waals surface area contributed by atoms with E-state index in [4.69, 9.17) is 9.47 Å². The van der Waals surface area contributed by atoms with Gasteiger partial charge in [-0.3, -0.25) is 4.79 Å². The summed E-state index contributed by atoms with van der Waals surface area (Å²) in [4.78, 5) is 13.5. The lowest BCUT2D eigenvalue weighted by Gasteiger charge is -2.22. The van der Waals surface area contributed by atoms with E-state index in [2.05, 4.69) is 27.1 Å². The quantitative estimate of drug-likeness (QED) is 0.707. The van der Waals surface area contributed by atoms with E-state index in [9.17, 15) is 4.79 Å². The summed E-state index contributed by atoms with van der Waals surface area (Å²) in [6, 6.07) is 9.64. The van der Waals surface area contributed by atoms with Gasteiger partial charge in [-0.1, -0.05) is 5.21 Å². The van der Waals surface area contributed by atoms with Gasteiger partial charge in [-0.2, -0.15) is 0 Å². The fourth-order valence-electron chi connectivity index (χ4n) is 3.05. The van der Waals surface area contributed by atoms with Crippen LogP contribution in [0.3, 0.4) is 0 Å². The summed E-state index contributed by atoms with van der Waals surface area (Å²) in [6.45, 7) is 0.997. The molecule has 27 heavy (non-hydrogen) atoms. The van der Waals surface area contributed by atoms with E-state index in [1.165, 1.54) is 10.4 Å². The monoisotopic (exact) mass is 384 g/mol. The number of amides is 1. The third-order valence-electron chi connectivity index (χ3n) is 4.48. The van der Waals surface area contributed by atoms with E-state index in [-0.39, 0.29) is 12.0 Å². The van der Waals surface area contributed by atoms with Crippen molar-refractivity contribution in [2.24, 2.45) is 0 Å². The highest BCUT2D eigenvalue weighted by Crippen LogP contribution is 2.33. The Labute approximate surface area is 160 Å². The molecule has 0 saturated heterocycles. The molecular formula is C19H20N4O3S. The fourth-order valence-corrected chi connectivity index (χ4v) is 4.05. The van der Waals surface area contributed by atoms with Crippen LogP contribution < -0.4 is 10.1 Å². The highest BCUT2D eigenvalue weighted by Gasteiger charge is 2.24. The Hall–Kier alpha value is -2.71. The lowest BCUT2D eigenvalue weighted by Crippen LogP contribution is -2.27. The predicted octanol–water partition coefficient (Wildman–Crippen LogP) is 2.66. The Morgan fingerprint density at radius 3 is 3.04 bits per heavy atom. The molecule has 0 radical (unpaired) electrons. The standard InChI is InChI=1S/C19H20N4O3S/c1-25-16-4-2-15(3-5-16)23-12-14(21-22-23)11-20-18(24)10-17-19-13(6-8-26-17)7-9-27-19/h2-5,7,9,12,17H,6,8,10-11H2,1H3,(H,20,24)/t17-/m0/s1. The molecule has 1 aliphatic heterocycles. The molecule has 0 fully saturated rings. The Morgan fingerprint density at radius 2 is 2.22 bits per heavy atom. The van der Waals surface area contributed by atoms with Crippen LogP contribution in [0.2, 0.25) is 0 Å². The fraction of sp³-hybridized carbons (Fsp3) is 0.316. The molecule has 1 N–H and O–H groups in total. The van der Waals surface area contributed by atoms with Gasteiger partial charge < -0.3 is 14.8 Å². The van der Waals surface area contributed by atoms with Crippen LogP contribution in [-0.4, -0.2) is 34.6 Å². The van der Waals surface area contributed by atoms with Crippen molar-refractivity contribution in [3.05, 3.63) is 58.0 Å². The van der Waals surface area contributed by atoms with Crippen molar-refractivity contribution < 1.29 is 14.3 Å². The second kappa shape index (κ2) is 7.89. The molecule has 0 unspecified atom stereocenters. The van der Waals surface area contributed by atoms with Gasteiger partial charge in [0.1, 0.15) is 17.5 Å². The van der Waals surface area contributed by atoms with Crippen LogP contribution in [0.15, 0.2) is 41.9 Å². The largest absolute Gasteiger partial charge is 0.497 e. The van der Waals surface area contributed by atoms with Gasteiger partial charge in [-0.05, 0) is 47.7 Å². The lowest BCUT2D eigenvalue weighted by molar-refractivity contribution is -0.124. The lowest BCUT2D eigenvalue weighted by atomic mass is 10.1. The third-order valence-corrected chi connectivity index (χ3v) is 5.53. The summed E-state index contributed by atoms with van der Waals surface area (Å²) in [5.41, 5.74) is 2.87. The molecule has 0 aliphatic carbocycles. The van der Waals surface area contributed by atoms with Crippen molar-refractivity contribution in [3.8, 4) is 11.4 Å². The van der Waals surface area contributed by atoms with Crippen molar-refractivity contribution in [2.75, 3.05) is 13.7 Å². The maximum absolute atomic E-state index is 12.3. The number of aromatic nitrogens is 3. The molecule has 8 heteroatoms. The number of nitrogens with one attached hydrogen (secondary N) is 1. The molecule has 0 saturated carbocycles. The highest BCUT2D eigenvalue weighted by molar-refractivity contribution is 7.10. The normalized spacial score (nSPS) is 16.0. The summed E-state index contributed by atoms with van der Waals surface area (Å²) in [7, 11) is 1.63. The number of hydrogen-bond donors (Lipinski definition) is 1. The van der Waals surface area contributed by atoms with Crippen LogP contribution >= 0.6 is 11.3 Å². The van der Waals surface area contributed by atoms with Gasteiger partial charge in [0.25, 0.3) is 0 Å². The number of methoxy groups -OCH3 is 1. The van der Waals surface area contributed by atoms with Gasteiger partial charge in [0.05, 0.1) is 38.6 Å². The van der Waals surface area contributed by atoms with Gasteiger partial charge in [0.2, 0.25) is 5.91 Å². The minimum absolute atomic E-state index is 0.0553. The Balaban J connectivity index is 1.33. The first-order chi connectivity index (χ1) is 13.2. The molecule has 0 spiro atoms. The molecule has 2 aromatic heterocycles. The maximum atomic E-state index is 12.3. The summed E-state index contributed by atoms with van der Waals surface area (Å²) in [5, 5.41) is 13.2. The molecule has 1 amide bonds. The molecule has 1 atom stereocenters. The number of hydrogen-bond acceptors (Lipinski definition) is 6. The van der Waals surface area contributed by atoms with Crippen molar-refractivity contribution in [1.82, 2.24) is 20.3 Å². The molecule has 1 aliphatic rings. The smallest absolute Gasteiger partial charge is 0.223 e. The summed E-state index contributed by atoms with van der Waals surface area (Å²) in [6.07, 6.45) is 2.89. The van der Waals surface area contributed by atoms with Crippen LogP contribution in [0, 0.1) is 0 Å². The number of fused-ring (bicyclic) bond motifs is 1. The zero-order valence-corrected chi connectivity index (χ0v) is 15.7. The molecule has 1 aromatic carbocycles. The van der Waals surface area contributed by atoms with Crippen LogP contribution in [0.1, 0.15) is 28.7 Å². The zero-order valence-electron chi connectivity index (χ0n) is 14.9. The Morgan fingerprint density at radius 1 is 1.37 bits per heavy atom. The molecule has 7 nitrogen and oxygen atoms in total. The van der Waals surface area contributed by atoms with E-state index in [1.807, 2.05) is 24.3 Å². The molecule has 0 bridgehead atoms. The highest BCUT2D eigenvalue weighted by atomic mass is 32.1. The van der Waals surface area contributed by atoms with Crippen molar-refractivity contribution >= 4 is 17.2 Å². The topological polar surface area (TPSA) is 78.3 Å². The van der Waals surface area contributed by atoms with E-state index >= 15 is 0 Å². The number of thiophene rings is 1. The first-order valence-electron chi connectivity index (χ1n) is 8.73. The Bertz CT molecular complexity index is 919. The number of nitrogens with zero attached hydrogens (tertiary/aromatic N) is 3. The molecule has 4 rings (SSSR count). The first kappa shape index (κ1) is 17.7. The summed E-state index contributed by atoms with van der Waals surface area (Å²) >= 11 is 1.65. The van der Waals surface area contributed by atoms with Crippen molar-refractivity contribution in [2.45, 2.75) is 25.5 Å². The van der Waals surface area contributed by atoms with Crippen molar-refractivity contribution in [1.29, 1.82) is 0 Å². The number of benzene rings is 1. The number of rotatable bonds is 6. The second-order valence-electron chi connectivity index (χ2n) is 6.25. The van der Waals surface area contributed by atoms with Crippen LogP contribution in [0.5, 0.6) is 5.75 Å². The summed E-state index contributed by atoms with van der Waals surface area (Å²) < 4.78 is 12.6. The van der Waals surface area contributed by atoms with Crippen molar-refractivity contribution in [3.63, 3.8) is 0 Å². The average molecular weight is 384 g/mol. The van der Waals surface area contributed by atoms with E-state index in [0.29, 0.717) is 25.3 Å². The second-order valence-corrected chi connectivity index (χ2v) is 7.20. The SMILES string of the molecule is COc1ccc(-n2cc(CNC(=O)C[C@@H]3OCCc4ccsc43)nn2)cc1. The first-order valence-corrected chi connectivity index (χ1v) is 9.61. The average Bonchev–Trinajstić information content (AvgIpc) is 3.36. The van der Waals surface area contributed by atoms with E-state index < -0.39 is 0 Å². The number of carbonyl (C=O) groups excluding carboxylic acids is 1. The van der Waals surface area contributed by atoms with Gasteiger partial charge in [0.15, 0.2) is 0 Å². The van der Waals surface area contributed by atoms with Gasteiger partial charge in [-0.25, -0.2) is 4.68 Å². The van der Waals surface area contributed by atoms with Crippen LogP contribution in [0.25, 0.3) is 5.69 Å². The predicted molar refractivity (Wildman–Crippen MR) is 101 cm³/mol.